The Balaban J connectivity index is 0.00000261. The lowest BCUT2D eigenvalue weighted by Crippen LogP contribution is -2.32. The molecule has 0 aliphatic heterocycles. The third-order valence-corrected chi connectivity index (χ3v) is 4.52. The van der Waals surface area contributed by atoms with Gasteiger partial charge >= 0.3 is 0 Å². The Morgan fingerprint density at radius 2 is 1.85 bits per heavy atom. The van der Waals surface area contributed by atoms with Crippen molar-refractivity contribution < 1.29 is 9.84 Å². The van der Waals surface area contributed by atoms with Crippen LogP contribution in [0.5, 0.6) is 5.75 Å². The number of hydrogen-bond acceptors (Lipinski definition) is 4. The van der Waals surface area contributed by atoms with Crippen molar-refractivity contribution in [2.24, 2.45) is 0 Å². The molecule has 144 valence electrons. The highest BCUT2D eigenvalue weighted by molar-refractivity contribution is 5.85. The van der Waals surface area contributed by atoms with Crippen molar-refractivity contribution in [2.45, 2.75) is 25.5 Å². The van der Waals surface area contributed by atoms with E-state index in [0.29, 0.717) is 6.54 Å². The molecule has 0 amide bonds. The lowest BCUT2D eigenvalue weighted by molar-refractivity contribution is 0.172. The van der Waals surface area contributed by atoms with E-state index in [9.17, 15) is 9.90 Å². The highest BCUT2D eigenvalue weighted by Gasteiger charge is 2.13. The second-order valence-electron chi connectivity index (χ2n) is 6.51. The smallest absolute Gasteiger partial charge is 0.248 e. The van der Waals surface area contributed by atoms with Crippen LogP contribution >= 0.6 is 12.4 Å². The van der Waals surface area contributed by atoms with E-state index >= 15 is 0 Å². The molecule has 0 aliphatic carbocycles. The molecule has 6 heteroatoms. The molecule has 0 aliphatic rings. The van der Waals surface area contributed by atoms with Crippen molar-refractivity contribution in [1.29, 1.82) is 0 Å². The van der Waals surface area contributed by atoms with Gasteiger partial charge in [0.1, 0.15) is 5.75 Å². The van der Waals surface area contributed by atoms with Gasteiger partial charge in [0.2, 0.25) is 5.56 Å². The average molecular weight is 389 g/mol. The van der Waals surface area contributed by atoms with Gasteiger partial charge in [0.15, 0.2) is 0 Å². The minimum absolute atomic E-state index is 0. The molecule has 0 saturated carbocycles. The summed E-state index contributed by atoms with van der Waals surface area (Å²) in [6.07, 6.45) is 0.211. The van der Waals surface area contributed by atoms with Crippen LogP contribution in [-0.2, 0) is 6.42 Å². The average Bonchev–Trinajstić information content (AvgIpc) is 2.66. The Morgan fingerprint density at radius 1 is 1.11 bits per heavy atom. The summed E-state index contributed by atoms with van der Waals surface area (Å²) in [7, 11) is 1.66. The first-order valence-electron chi connectivity index (χ1n) is 8.73. The first-order chi connectivity index (χ1) is 12.6. The van der Waals surface area contributed by atoms with Crippen molar-refractivity contribution in [3.63, 3.8) is 0 Å². The zero-order valence-electron chi connectivity index (χ0n) is 15.4. The summed E-state index contributed by atoms with van der Waals surface area (Å²) in [6.45, 7) is 2.53. The number of methoxy groups -OCH3 is 1. The van der Waals surface area contributed by atoms with Gasteiger partial charge < -0.3 is 20.1 Å². The molecule has 0 radical (unpaired) electrons. The molecule has 3 N–H and O–H groups in total. The van der Waals surface area contributed by atoms with Gasteiger partial charge in [-0.25, -0.2) is 0 Å². The molecule has 0 spiro atoms. The van der Waals surface area contributed by atoms with Crippen LogP contribution in [-0.4, -0.2) is 29.8 Å². The second kappa shape index (κ2) is 9.55. The summed E-state index contributed by atoms with van der Waals surface area (Å²) in [5.74, 6) is 0.846. The minimum Gasteiger partial charge on any atom is -0.497 e. The normalized spacial score (nSPS) is 13.0. The van der Waals surface area contributed by atoms with Gasteiger partial charge in [0.25, 0.3) is 0 Å². The fourth-order valence-electron chi connectivity index (χ4n) is 3.11. The molecular weight excluding hydrogens is 364 g/mol. The lowest BCUT2D eigenvalue weighted by atomic mass is 10.0. The number of aromatic nitrogens is 1. The topological polar surface area (TPSA) is 74.3 Å². The maximum atomic E-state index is 11.5. The van der Waals surface area contributed by atoms with E-state index in [-0.39, 0.29) is 24.0 Å². The fraction of sp³-hybridized carbons (Fsp3) is 0.286. The van der Waals surface area contributed by atoms with E-state index in [2.05, 4.69) is 29.4 Å². The van der Waals surface area contributed by atoms with Crippen molar-refractivity contribution in [3.8, 4) is 5.75 Å². The van der Waals surface area contributed by atoms with Crippen LogP contribution in [0.3, 0.4) is 0 Å². The number of aromatic amines is 1. The van der Waals surface area contributed by atoms with Crippen molar-refractivity contribution in [1.82, 2.24) is 10.3 Å². The summed E-state index contributed by atoms with van der Waals surface area (Å²) in [4.78, 5) is 14.2. The van der Waals surface area contributed by atoms with Crippen LogP contribution in [0.25, 0.3) is 10.9 Å². The number of ether oxygens (including phenoxy) is 1. The molecule has 3 aromatic rings. The van der Waals surface area contributed by atoms with Crippen LogP contribution in [0.15, 0.2) is 59.4 Å². The summed E-state index contributed by atoms with van der Waals surface area (Å²) < 4.78 is 5.17. The molecule has 1 aromatic heterocycles. The minimum atomic E-state index is -0.650. The number of hydrogen-bond donors (Lipinski definition) is 3. The van der Waals surface area contributed by atoms with Gasteiger partial charge in [-0.15, -0.1) is 12.4 Å². The van der Waals surface area contributed by atoms with Crippen LogP contribution in [0.1, 0.15) is 24.2 Å². The third-order valence-electron chi connectivity index (χ3n) is 4.52. The Bertz CT molecular complexity index is 925. The first kappa shape index (κ1) is 21.0. The number of pyridine rings is 1. The van der Waals surface area contributed by atoms with Crippen molar-refractivity contribution in [3.05, 3.63) is 76.1 Å². The van der Waals surface area contributed by atoms with Crippen LogP contribution in [0.2, 0.25) is 0 Å². The van der Waals surface area contributed by atoms with E-state index in [1.165, 1.54) is 11.6 Å². The first-order valence-corrected chi connectivity index (χ1v) is 8.73. The molecule has 27 heavy (non-hydrogen) atoms. The summed E-state index contributed by atoms with van der Waals surface area (Å²) in [5.41, 5.74) is 2.61. The van der Waals surface area contributed by atoms with Gasteiger partial charge in [0.05, 0.1) is 13.2 Å². The maximum absolute atomic E-state index is 11.5. The molecule has 5 nitrogen and oxygen atoms in total. The highest BCUT2D eigenvalue weighted by Crippen LogP contribution is 2.22. The number of aliphatic hydroxyl groups is 1. The highest BCUT2D eigenvalue weighted by atomic mass is 35.5. The molecule has 2 aromatic carbocycles. The quantitative estimate of drug-likeness (QED) is 0.581. The van der Waals surface area contributed by atoms with Crippen LogP contribution in [0, 0.1) is 0 Å². The molecule has 0 saturated heterocycles. The van der Waals surface area contributed by atoms with Gasteiger partial charge in [-0.1, -0.05) is 24.3 Å². The predicted molar refractivity (Wildman–Crippen MR) is 111 cm³/mol. The molecule has 0 bridgehead atoms. The van der Waals surface area contributed by atoms with Gasteiger partial charge in [0, 0.05) is 29.6 Å². The number of halogens is 1. The van der Waals surface area contributed by atoms with E-state index in [1.54, 1.807) is 13.2 Å². The fourth-order valence-corrected chi connectivity index (χ4v) is 3.11. The molecule has 0 fully saturated rings. The second-order valence-corrected chi connectivity index (χ2v) is 6.51. The predicted octanol–water partition coefficient (Wildman–Crippen LogP) is 3.21. The summed E-state index contributed by atoms with van der Waals surface area (Å²) >= 11 is 0. The zero-order valence-corrected chi connectivity index (χ0v) is 16.3. The maximum Gasteiger partial charge on any atom is 0.248 e. The number of aliphatic hydroxyl groups excluding tert-OH is 1. The Morgan fingerprint density at radius 3 is 2.56 bits per heavy atom. The number of benzene rings is 2. The summed E-state index contributed by atoms with van der Waals surface area (Å²) in [6, 6.07) is 17.0. The Labute approximate surface area is 164 Å². The van der Waals surface area contributed by atoms with E-state index < -0.39 is 6.10 Å². The van der Waals surface area contributed by atoms with Crippen LogP contribution < -0.4 is 15.6 Å². The zero-order chi connectivity index (χ0) is 18.5. The number of fused-ring (bicyclic) bond motifs is 1. The summed E-state index contributed by atoms with van der Waals surface area (Å²) in [5, 5.41) is 14.8. The number of rotatable bonds is 7. The number of H-pyrrole nitrogens is 1. The van der Waals surface area contributed by atoms with Gasteiger partial charge in [-0.05, 0) is 48.7 Å². The molecule has 1 heterocycles. The molecule has 2 unspecified atom stereocenters. The van der Waals surface area contributed by atoms with Crippen LogP contribution in [0.4, 0.5) is 0 Å². The molecular formula is C21H25ClN2O3. The van der Waals surface area contributed by atoms with E-state index in [4.69, 9.17) is 4.74 Å². The SMILES string of the molecule is COc1ccc(CC(C)NCC(O)c2cccc3[nH]c(=O)ccc23)cc1.Cl. The van der Waals surface area contributed by atoms with Gasteiger partial charge in [-0.2, -0.15) is 0 Å². The standard InChI is InChI=1S/C21H24N2O3.ClH/c1-14(12-15-6-8-16(26-2)9-7-15)22-13-20(24)18-4-3-5-19-17(18)10-11-21(25)23-19;/h3-11,14,20,22,24H,12-13H2,1-2H3,(H,23,25);1H. The van der Waals surface area contributed by atoms with E-state index in [1.807, 2.05) is 30.3 Å². The molecule has 2 atom stereocenters. The third kappa shape index (κ3) is 5.32. The largest absolute Gasteiger partial charge is 0.497 e. The van der Waals surface area contributed by atoms with E-state index in [0.717, 1.165) is 28.6 Å². The Kier molecular flexibility index (Phi) is 7.42. The lowest BCUT2D eigenvalue weighted by Gasteiger charge is -2.19. The number of nitrogens with one attached hydrogen (secondary N) is 2. The van der Waals surface area contributed by atoms with Crippen molar-refractivity contribution in [2.75, 3.05) is 13.7 Å². The monoisotopic (exact) mass is 388 g/mol. The molecule has 3 rings (SSSR count). The van der Waals surface area contributed by atoms with Crippen molar-refractivity contribution >= 4 is 23.3 Å². The Hall–Kier alpha value is -2.34. The van der Waals surface area contributed by atoms with Gasteiger partial charge in [-0.3, -0.25) is 4.79 Å².